The summed E-state index contributed by atoms with van der Waals surface area (Å²) in [5, 5.41) is 8.60. The molecule has 0 bridgehead atoms. The molecular weight excluding hydrogens is 509 g/mol. The fourth-order valence-corrected chi connectivity index (χ4v) is 4.85. The molecule has 1 aromatic carbocycles. The molecule has 6 rings (SSSR count). The van der Waals surface area contributed by atoms with E-state index >= 15 is 0 Å². The van der Waals surface area contributed by atoms with Crippen molar-refractivity contribution < 1.29 is 13.2 Å². The Morgan fingerprint density at radius 2 is 1.54 bits per heavy atom. The fourth-order valence-electron chi connectivity index (χ4n) is 4.85. The minimum Gasteiger partial charge on any atom is -0.351 e. The number of nitrogens with zero attached hydrogens (tertiary/aromatic N) is 9. The van der Waals surface area contributed by atoms with Crippen LogP contribution >= 0.6 is 0 Å². The Balaban J connectivity index is 1.18. The van der Waals surface area contributed by atoms with Gasteiger partial charge in [0.25, 0.3) is 6.43 Å². The van der Waals surface area contributed by atoms with Gasteiger partial charge >= 0.3 is 0 Å². The summed E-state index contributed by atoms with van der Waals surface area (Å²) in [7, 11) is 1.87. The van der Waals surface area contributed by atoms with Gasteiger partial charge in [-0.25, -0.2) is 32.6 Å². The van der Waals surface area contributed by atoms with Crippen molar-refractivity contribution in [1.29, 1.82) is 0 Å². The van der Waals surface area contributed by atoms with E-state index in [1.165, 1.54) is 30.9 Å². The molecule has 0 aliphatic carbocycles. The predicted octanol–water partition coefficient (Wildman–Crippen LogP) is 2.85. The Labute approximate surface area is 221 Å². The second kappa shape index (κ2) is 9.66. The fraction of sp³-hybridized carbons (Fsp3) is 0.269. The lowest BCUT2D eigenvalue weighted by Crippen LogP contribution is -2.48. The highest BCUT2D eigenvalue weighted by Crippen LogP contribution is 2.33. The molecule has 5 aromatic rings. The maximum Gasteiger partial charge on any atom is 0.264 e. The maximum atomic E-state index is 14.1. The Morgan fingerprint density at radius 3 is 2.18 bits per heavy atom. The molecule has 1 saturated heterocycles. The first-order valence-electron chi connectivity index (χ1n) is 12.3. The number of aryl methyl sites for hydroxylation is 1. The number of alkyl halides is 2. The third-order valence-corrected chi connectivity index (χ3v) is 7.07. The summed E-state index contributed by atoms with van der Waals surface area (Å²) in [6.07, 6.45) is 6.93. The van der Waals surface area contributed by atoms with Crippen LogP contribution in [0, 0.1) is 5.82 Å². The van der Waals surface area contributed by atoms with E-state index in [1.54, 1.807) is 4.68 Å². The molecule has 5 heterocycles. The van der Waals surface area contributed by atoms with Crippen LogP contribution in [0.4, 0.5) is 24.9 Å². The van der Waals surface area contributed by atoms with Gasteiger partial charge in [-0.1, -0.05) is 12.1 Å². The number of hydrogen-bond acceptors (Lipinski definition) is 8. The average Bonchev–Trinajstić information content (AvgIpc) is 3.59. The molecule has 13 heteroatoms. The third-order valence-electron chi connectivity index (χ3n) is 7.07. The number of piperazine rings is 1. The predicted molar refractivity (Wildman–Crippen MR) is 139 cm³/mol. The molecule has 2 N–H and O–H groups in total. The summed E-state index contributed by atoms with van der Waals surface area (Å²) in [6.45, 7) is 2.51. The number of aromatic nitrogens is 7. The molecule has 0 spiro atoms. The van der Waals surface area contributed by atoms with Crippen LogP contribution in [0.25, 0.3) is 16.6 Å². The van der Waals surface area contributed by atoms with E-state index in [0.29, 0.717) is 32.1 Å². The molecule has 200 valence electrons. The van der Waals surface area contributed by atoms with Crippen LogP contribution in [0.3, 0.4) is 0 Å². The van der Waals surface area contributed by atoms with Gasteiger partial charge in [0.15, 0.2) is 5.82 Å². The molecule has 0 radical (unpaired) electrons. The molecule has 1 fully saturated rings. The Hall–Kier alpha value is -4.52. The SMILES string of the molecule is Cn1cc(-c2cc3c(N4CCN(c5ncc([C@@](N)(c6ccc(F)cc6)C(F)F)cn5)CC4)ncnn3c2)cn1. The van der Waals surface area contributed by atoms with Gasteiger partial charge in [0.05, 0.1) is 6.20 Å². The smallest absolute Gasteiger partial charge is 0.264 e. The van der Waals surface area contributed by atoms with Gasteiger partial charge in [0, 0.05) is 74.7 Å². The standard InChI is InChI=1S/C26H25F3N10/c1-36-14-18(11-34-36)17-10-22-23(33-16-35-39(22)15-17)37-6-8-38(9-7-37)25-31-12-20(13-32-25)26(30,24(28)29)19-2-4-21(27)5-3-19/h2-5,10-16,24H,6-9,30H2,1H3/t26-/m0/s1. The first-order valence-corrected chi connectivity index (χ1v) is 12.3. The van der Waals surface area contributed by atoms with Crippen molar-refractivity contribution in [1.82, 2.24) is 34.3 Å². The number of benzene rings is 1. The summed E-state index contributed by atoms with van der Waals surface area (Å²) in [4.78, 5) is 17.4. The Kier molecular flexibility index (Phi) is 6.14. The zero-order valence-corrected chi connectivity index (χ0v) is 21.0. The van der Waals surface area contributed by atoms with E-state index in [1.807, 2.05) is 41.1 Å². The summed E-state index contributed by atoms with van der Waals surface area (Å²) in [5.74, 6) is 0.707. The van der Waals surface area contributed by atoms with Gasteiger partial charge < -0.3 is 15.5 Å². The molecule has 0 unspecified atom stereocenters. The normalized spacial score (nSPS) is 15.7. The van der Waals surface area contributed by atoms with Crippen molar-refractivity contribution in [3.05, 3.63) is 84.6 Å². The van der Waals surface area contributed by atoms with Crippen LogP contribution in [0.5, 0.6) is 0 Å². The molecule has 39 heavy (non-hydrogen) atoms. The van der Waals surface area contributed by atoms with E-state index in [9.17, 15) is 13.2 Å². The quantitative estimate of drug-likeness (QED) is 0.355. The summed E-state index contributed by atoms with van der Waals surface area (Å²) in [5.41, 5.74) is 6.99. The van der Waals surface area contributed by atoms with E-state index in [2.05, 4.69) is 30.0 Å². The van der Waals surface area contributed by atoms with Crippen molar-refractivity contribution in [2.24, 2.45) is 12.8 Å². The first kappa shape index (κ1) is 24.8. The van der Waals surface area contributed by atoms with Crippen molar-refractivity contribution in [2.75, 3.05) is 36.0 Å². The highest BCUT2D eigenvalue weighted by atomic mass is 19.3. The maximum absolute atomic E-state index is 14.1. The van der Waals surface area contributed by atoms with Crippen LogP contribution in [-0.4, -0.2) is 67.0 Å². The zero-order valence-electron chi connectivity index (χ0n) is 21.0. The monoisotopic (exact) mass is 534 g/mol. The lowest BCUT2D eigenvalue weighted by Gasteiger charge is -2.35. The van der Waals surface area contributed by atoms with Gasteiger partial charge in [-0.05, 0) is 23.8 Å². The Morgan fingerprint density at radius 1 is 0.846 bits per heavy atom. The van der Waals surface area contributed by atoms with Crippen molar-refractivity contribution in [2.45, 2.75) is 12.0 Å². The minimum absolute atomic E-state index is 0.0486. The van der Waals surface area contributed by atoms with Crippen LogP contribution in [0.2, 0.25) is 0 Å². The second-order valence-corrected chi connectivity index (χ2v) is 9.47. The second-order valence-electron chi connectivity index (χ2n) is 9.47. The van der Waals surface area contributed by atoms with E-state index in [-0.39, 0.29) is 11.1 Å². The summed E-state index contributed by atoms with van der Waals surface area (Å²) in [6, 6.07) is 6.76. The number of rotatable bonds is 6. The van der Waals surface area contributed by atoms with Crippen molar-refractivity contribution in [3.8, 4) is 11.1 Å². The van der Waals surface area contributed by atoms with Crippen LogP contribution < -0.4 is 15.5 Å². The minimum atomic E-state index is -2.95. The van der Waals surface area contributed by atoms with Crippen LogP contribution in [0.15, 0.2) is 67.6 Å². The number of halogens is 3. The molecular formula is C26H25F3N10. The van der Waals surface area contributed by atoms with E-state index in [4.69, 9.17) is 5.73 Å². The van der Waals surface area contributed by atoms with Gasteiger partial charge in [0.1, 0.15) is 23.2 Å². The average molecular weight is 535 g/mol. The highest BCUT2D eigenvalue weighted by Gasteiger charge is 2.40. The van der Waals surface area contributed by atoms with Gasteiger partial charge in [-0.3, -0.25) is 4.68 Å². The van der Waals surface area contributed by atoms with Gasteiger partial charge in [-0.15, -0.1) is 0 Å². The van der Waals surface area contributed by atoms with Crippen molar-refractivity contribution >= 4 is 17.3 Å². The van der Waals surface area contributed by atoms with E-state index in [0.717, 1.165) is 34.6 Å². The molecule has 0 amide bonds. The number of hydrogen-bond donors (Lipinski definition) is 1. The molecule has 4 aromatic heterocycles. The topological polar surface area (TPSA) is 106 Å². The molecule has 10 nitrogen and oxygen atoms in total. The molecule has 1 atom stereocenters. The number of anilines is 2. The molecule has 1 aliphatic rings. The summed E-state index contributed by atoms with van der Waals surface area (Å²) >= 11 is 0. The Bertz CT molecular complexity index is 1590. The van der Waals surface area contributed by atoms with E-state index < -0.39 is 17.8 Å². The largest absolute Gasteiger partial charge is 0.351 e. The van der Waals surface area contributed by atoms with Crippen LogP contribution in [-0.2, 0) is 12.6 Å². The first-order chi connectivity index (χ1) is 18.8. The molecule has 0 saturated carbocycles. The van der Waals surface area contributed by atoms with Gasteiger partial charge in [-0.2, -0.15) is 10.2 Å². The molecule has 1 aliphatic heterocycles. The lowest BCUT2D eigenvalue weighted by atomic mass is 9.85. The zero-order chi connectivity index (χ0) is 27.1. The van der Waals surface area contributed by atoms with Gasteiger partial charge in [0.2, 0.25) is 5.95 Å². The van der Waals surface area contributed by atoms with Crippen molar-refractivity contribution in [3.63, 3.8) is 0 Å². The van der Waals surface area contributed by atoms with Crippen LogP contribution in [0.1, 0.15) is 11.1 Å². The third kappa shape index (κ3) is 4.44. The lowest BCUT2D eigenvalue weighted by molar-refractivity contribution is 0.0738. The highest BCUT2D eigenvalue weighted by molar-refractivity contribution is 5.77. The summed E-state index contributed by atoms with van der Waals surface area (Å²) < 4.78 is 45.1. The number of fused-ring (bicyclic) bond motifs is 1. The number of nitrogens with two attached hydrogens (primary N) is 1.